The lowest BCUT2D eigenvalue weighted by Crippen LogP contribution is -2.58. The van der Waals surface area contributed by atoms with E-state index < -0.39 is 5.54 Å². The third kappa shape index (κ3) is 5.57. The summed E-state index contributed by atoms with van der Waals surface area (Å²) >= 11 is 0. The normalized spacial score (nSPS) is 24.5. The van der Waals surface area contributed by atoms with Crippen LogP contribution in [0.2, 0.25) is 0 Å². The summed E-state index contributed by atoms with van der Waals surface area (Å²) in [7, 11) is 4.33. The summed E-state index contributed by atoms with van der Waals surface area (Å²) in [6.07, 6.45) is 2.00. The minimum atomic E-state index is -0.645. The SMILES string of the molecule is CC(C)NC(C)(CC(C)N(C)CC1CCN(C)C1)C(N)=O. The van der Waals surface area contributed by atoms with Gasteiger partial charge in [0, 0.05) is 25.2 Å². The summed E-state index contributed by atoms with van der Waals surface area (Å²) in [5.74, 6) is 0.470. The summed E-state index contributed by atoms with van der Waals surface area (Å²) in [6.45, 7) is 11.6. The molecule has 1 rings (SSSR count). The highest BCUT2D eigenvalue weighted by Crippen LogP contribution is 2.20. The predicted molar refractivity (Wildman–Crippen MR) is 88.2 cm³/mol. The first-order valence-electron chi connectivity index (χ1n) is 8.10. The van der Waals surface area contributed by atoms with Crippen LogP contribution in [0, 0.1) is 5.92 Å². The summed E-state index contributed by atoms with van der Waals surface area (Å²) in [6, 6.07) is 0.558. The van der Waals surface area contributed by atoms with E-state index in [1.54, 1.807) is 0 Å². The first kappa shape index (κ1) is 18.4. The molecule has 1 aliphatic rings. The maximum Gasteiger partial charge on any atom is 0.237 e. The van der Waals surface area contributed by atoms with E-state index in [1.807, 2.05) is 20.8 Å². The molecule has 21 heavy (non-hydrogen) atoms. The largest absolute Gasteiger partial charge is 0.368 e. The zero-order chi connectivity index (χ0) is 16.2. The number of hydrogen-bond acceptors (Lipinski definition) is 4. The Hall–Kier alpha value is -0.650. The minimum Gasteiger partial charge on any atom is -0.368 e. The fraction of sp³-hybridized carbons (Fsp3) is 0.938. The molecule has 0 spiro atoms. The maximum absolute atomic E-state index is 11.8. The van der Waals surface area contributed by atoms with Crippen LogP contribution in [0.1, 0.15) is 40.5 Å². The molecule has 5 nitrogen and oxygen atoms in total. The quantitative estimate of drug-likeness (QED) is 0.699. The van der Waals surface area contributed by atoms with E-state index in [0.717, 1.165) is 18.9 Å². The molecule has 3 N–H and O–H groups in total. The Morgan fingerprint density at radius 3 is 2.52 bits per heavy atom. The molecule has 0 aromatic carbocycles. The first-order valence-corrected chi connectivity index (χ1v) is 8.10. The van der Waals surface area contributed by atoms with E-state index in [-0.39, 0.29) is 11.9 Å². The molecule has 0 bridgehead atoms. The molecule has 5 heteroatoms. The maximum atomic E-state index is 11.8. The van der Waals surface area contributed by atoms with Gasteiger partial charge in [0.1, 0.15) is 0 Å². The van der Waals surface area contributed by atoms with Gasteiger partial charge >= 0.3 is 0 Å². The van der Waals surface area contributed by atoms with Gasteiger partial charge in [-0.3, -0.25) is 4.79 Å². The molecule has 124 valence electrons. The van der Waals surface area contributed by atoms with Crippen molar-refractivity contribution in [1.82, 2.24) is 15.1 Å². The second-order valence-electron chi connectivity index (χ2n) is 7.41. The van der Waals surface area contributed by atoms with Crippen LogP contribution in [0.25, 0.3) is 0 Å². The van der Waals surface area contributed by atoms with Crippen molar-refractivity contribution in [3.05, 3.63) is 0 Å². The number of carbonyl (C=O) groups excluding carboxylic acids is 1. The molecule has 1 saturated heterocycles. The highest BCUT2D eigenvalue weighted by Gasteiger charge is 2.34. The van der Waals surface area contributed by atoms with Gasteiger partial charge in [-0.2, -0.15) is 0 Å². The molecule has 0 aliphatic carbocycles. The molecule has 0 aromatic rings. The van der Waals surface area contributed by atoms with Crippen molar-refractivity contribution in [2.75, 3.05) is 33.7 Å². The molecular weight excluding hydrogens is 264 g/mol. The van der Waals surface area contributed by atoms with Crippen LogP contribution in [-0.2, 0) is 4.79 Å². The number of amides is 1. The predicted octanol–water partition coefficient (Wildman–Crippen LogP) is 0.891. The van der Waals surface area contributed by atoms with Gasteiger partial charge in [0.05, 0.1) is 5.54 Å². The average Bonchev–Trinajstić information content (AvgIpc) is 2.73. The number of likely N-dealkylation sites (tertiary alicyclic amines) is 1. The van der Waals surface area contributed by atoms with Gasteiger partial charge in [-0.25, -0.2) is 0 Å². The van der Waals surface area contributed by atoms with Gasteiger partial charge in [-0.1, -0.05) is 0 Å². The lowest BCUT2D eigenvalue weighted by molar-refractivity contribution is -0.124. The third-order valence-corrected chi connectivity index (χ3v) is 4.64. The van der Waals surface area contributed by atoms with E-state index in [9.17, 15) is 4.79 Å². The number of nitrogens with two attached hydrogens (primary N) is 1. The Balaban J connectivity index is 2.55. The second kappa shape index (κ2) is 7.56. The fourth-order valence-electron chi connectivity index (χ4n) is 3.38. The van der Waals surface area contributed by atoms with Crippen molar-refractivity contribution in [2.45, 2.75) is 58.2 Å². The standard InChI is InChI=1S/C16H34N4O/c1-12(2)18-16(4,15(17)21)9-13(3)20(6)11-14-7-8-19(5)10-14/h12-14,18H,7-11H2,1-6H3,(H2,17,21). The highest BCUT2D eigenvalue weighted by molar-refractivity contribution is 5.84. The topological polar surface area (TPSA) is 61.6 Å². The Labute approximate surface area is 130 Å². The van der Waals surface area contributed by atoms with Gasteiger partial charge in [0.2, 0.25) is 5.91 Å². The van der Waals surface area contributed by atoms with Crippen LogP contribution in [0.3, 0.4) is 0 Å². The van der Waals surface area contributed by atoms with Gasteiger partial charge < -0.3 is 20.9 Å². The number of nitrogens with one attached hydrogen (secondary N) is 1. The third-order valence-electron chi connectivity index (χ3n) is 4.64. The van der Waals surface area contributed by atoms with E-state index in [1.165, 1.54) is 19.5 Å². The Kier molecular flexibility index (Phi) is 6.63. The Bertz CT molecular complexity index is 347. The van der Waals surface area contributed by atoms with Gasteiger partial charge in [0.15, 0.2) is 0 Å². The second-order valence-corrected chi connectivity index (χ2v) is 7.41. The minimum absolute atomic E-state index is 0.239. The van der Waals surface area contributed by atoms with E-state index in [4.69, 9.17) is 5.73 Å². The van der Waals surface area contributed by atoms with Crippen LogP contribution < -0.4 is 11.1 Å². The number of hydrogen-bond donors (Lipinski definition) is 2. The van der Waals surface area contributed by atoms with E-state index >= 15 is 0 Å². The van der Waals surface area contributed by atoms with Crippen molar-refractivity contribution in [1.29, 1.82) is 0 Å². The van der Waals surface area contributed by atoms with Gasteiger partial charge in [-0.15, -0.1) is 0 Å². The molecule has 1 aliphatic heterocycles. The van der Waals surface area contributed by atoms with Crippen LogP contribution in [0.5, 0.6) is 0 Å². The molecule has 0 aromatic heterocycles. The summed E-state index contributed by atoms with van der Waals surface area (Å²) < 4.78 is 0. The zero-order valence-corrected chi connectivity index (χ0v) is 14.6. The van der Waals surface area contributed by atoms with Crippen LogP contribution >= 0.6 is 0 Å². The van der Waals surface area contributed by atoms with E-state index in [2.05, 4.69) is 36.1 Å². The highest BCUT2D eigenvalue weighted by atomic mass is 16.1. The van der Waals surface area contributed by atoms with Crippen molar-refractivity contribution in [3.63, 3.8) is 0 Å². The van der Waals surface area contributed by atoms with Crippen molar-refractivity contribution < 1.29 is 4.79 Å². The number of nitrogens with zero attached hydrogens (tertiary/aromatic N) is 2. The summed E-state index contributed by atoms with van der Waals surface area (Å²) in [5, 5.41) is 3.33. The monoisotopic (exact) mass is 298 g/mol. The molecule has 3 atom stereocenters. The lowest BCUT2D eigenvalue weighted by Gasteiger charge is -2.36. The molecule has 1 fully saturated rings. The molecule has 3 unspecified atom stereocenters. The van der Waals surface area contributed by atoms with Crippen LogP contribution in [0.15, 0.2) is 0 Å². The number of rotatable bonds is 8. The lowest BCUT2D eigenvalue weighted by atomic mass is 9.91. The number of primary amides is 1. The van der Waals surface area contributed by atoms with Crippen LogP contribution in [0.4, 0.5) is 0 Å². The molecule has 1 heterocycles. The molecule has 0 saturated carbocycles. The molecule has 0 radical (unpaired) electrons. The fourth-order valence-corrected chi connectivity index (χ4v) is 3.38. The summed E-state index contributed by atoms with van der Waals surface area (Å²) in [4.78, 5) is 16.6. The van der Waals surface area contributed by atoms with Crippen LogP contribution in [-0.4, -0.2) is 67.1 Å². The first-order chi connectivity index (χ1) is 9.64. The Morgan fingerprint density at radius 1 is 1.48 bits per heavy atom. The zero-order valence-electron chi connectivity index (χ0n) is 14.6. The van der Waals surface area contributed by atoms with Gasteiger partial charge in [0.25, 0.3) is 0 Å². The average molecular weight is 298 g/mol. The van der Waals surface area contributed by atoms with E-state index in [0.29, 0.717) is 6.04 Å². The smallest absolute Gasteiger partial charge is 0.237 e. The van der Waals surface area contributed by atoms with Crippen molar-refractivity contribution >= 4 is 5.91 Å². The summed E-state index contributed by atoms with van der Waals surface area (Å²) in [5.41, 5.74) is 4.98. The van der Waals surface area contributed by atoms with Crippen molar-refractivity contribution in [2.24, 2.45) is 11.7 Å². The molecule has 1 amide bonds. The molecular formula is C16H34N4O. The van der Waals surface area contributed by atoms with Crippen molar-refractivity contribution in [3.8, 4) is 0 Å². The van der Waals surface area contributed by atoms with Gasteiger partial charge in [-0.05, 0) is 67.1 Å². The Morgan fingerprint density at radius 2 is 2.10 bits per heavy atom. The number of carbonyl (C=O) groups is 1.